The molecule has 0 saturated carbocycles. The first-order valence-corrected chi connectivity index (χ1v) is 6.03. The molecule has 100 valence electrons. The average Bonchev–Trinajstić information content (AvgIpc) is 2.29. The third-order valence-corrected chi connectivity index (χ3v) is 2.92. The normalized spacial score (nSPS) is 11.3. The highest BCUT2D eigenvalue weighted by Gasteiger charge is 2.19. The first-order valence-electron chi connectivity index (χ1n) is 5.66. The molecule has 1 rings (SSSR count). The molecule has 5 nitrogen and oxygen atoms in total. The summed E-state index contributed by atoms with van der Waals surface area (Å²) in [4.78, 5) is 15.7. The highest BCUT2D eigenvalue weighted by molar-refractivity contribution is 6.32. The van der Waals surface area contributed by atoms with Crippen molar-refractivity contribution in [2.24, 2.45) is 5.41 Å². The molecule has 0 saturated heterocycles. The van der Waals surface area contributed by atoms with Crippen molar-refractivity contribution in [2.45, 2.75) is 20.3 Å². The first-order chi connectivity index (χ1) is 8.35. The van der Waals surface area contributed by atoms with Crippen LogP contribution in [0.4, 0.5) is 5.69 Å². The van der Waals surface area contributed by atoms with Crippen LogP contribution in [0.15, 0.2) is 12.3 Å². The molecule has 0 aromatic carbocycles. The maximum atomic E-state index is 11.9. The van der Waals surface area contributed by atoms with Crippen molar-refractivity contribution in [1.29, 1.82) is 0 Å². The number of nitrogens with zero attached hydrogens (tertiary/aromatic N) is 1. The third-order valence-electron chi connectivity index (χ3n) is 2.62. The fourth-order valence-electron chi connectivity index (χ4n) is 1.43. The number of aliphatic hydroxyl groups is 1. The predicted octanol–water partition coefficient (Wildman–Crippen LogP) is 1.46. The van der Waals surface area contributed by atoms with Gasteiger partial charge in [0.2, 0.25) is 0 Å². The number of nitrogens with two attached hydrogens (primary N) is 1. The Morgan fingerprint density at radius 1 is 1.61 bits per heavy atom. The summed E-state index contributed by atoms with van der Waals surface area (Å²) >= 11 is 5.83. The molecule has 18 heavy (non-hydrogen) atoms. The number of hydrogen-bond acceptors (Lipinski definition) is 4. The zero-order valence-corrected chi connectivity index (χ0v) is 11.3. The number of carbonyl (C=O) groups excluding carboxylic acids is 1. The lowest BCUT2D eigenvalue weighted by molar-refractivity contribution is 0.0928. The van der Waals surface area contributed by atoms with Gasteiger partial charge in [-0.15, -0.1) is 0 Å². The van der Waals surface area contributed by atoms with Crippen LogP contribution in [0.25, 0.3) is 0 Å². The van der Waals surface area contributed by atoms with E-state index in [1.807, 2.05) is 13.8 Å². The topological polar surface area (TPSA) is 88.2 Å². The minimum absolute atomic E-state index is 0.0868. The van der Waals surface area contributed by atoms with E-state index in [-0.39, 0.29) is 28.6 Å². The number of hydrogen-bond donors (Lipinski definition) is 3. The SMILES string of the molecule is CC(C)(CCO)CNC(=O)c1cc(N)cnc1Cl. The number of aliphatic hydroxyl groups excluding tert-OH is 1. The van der Waals surface area contributed by atoms with E-state index in [1.54, 1.807) is 0 Å². The van der Waals surface area contributed by atoms with Gasteiger partial charge in [0.1, 0.15) is 5.15 Å². The molecule has 0 bridgehead atoms. The molecule has 0 spiro atoms. The quantitative estimate of drug-likeness (QED) is 0.708. The van der Waals surface area contributed by atoms with E-state index >= 15 is 0 Å². The summed E-state index contributed by atoms with van der Waals surface area (Å²) in [6.45, 7) is 4.45. The van der Waals surface area contributed by atoms with Gasteiger partial charge >= 0.3 is 0 Å². The van der Waals surface area contributed by atoms with Crippen molar-refractivity contribution in [3.05, 3.63) is 23.0 Å². The maximum Gasteiger partial charge on any atom is 0.254 e. The van der Waals surface area contributed by atoms with Gasteiger partial charge in [-0.2, -0.15) is 0 Å². The highest BCUT2D eigenvalue weighted by atomic mass is 35.5. The molecule has 4 N–H and O–H groups in total. The molecular formula is C12H18ClN3O2. The minimum Gasteiger partial charge on any atom is -0.397 e. The molecule has 0 aliphatic rings. The van der Waals surface area contributed by atoms with E-state index in [4.69, 9.17) is 22.4 Å². The lowest BCUT2D eigenvalue weighted by Crippen LogP contribution is -2.34. The number of halogens is 1. The Morgan fingerprint density at radius 2 is 2.28 bits per heavy atom. The standard InChI is InChI=1S/C12H18ClN3O2/c1-12(2,3-4-17)7-16-11(18)9-5-8(14)6-15-10(9)13/h5-6,17H,3-4,7,14H2,1-2H3,(H,16,18). The van der Waals surface area contributed by atoms with Crippen LogP contribution >= 0.6 is 11.6 Å². The van der Waals surface area contributed by atoms with E-state index in [1.165, 1.54) is 12.3 Å². The third kappa shape index (κ3) is 4.16. The van der Waals surface area contributed by atoms with Gasteiger partial charge in [-0.25, -0.2) is 4.98 Å². The van der Waals surface area contributed by atoms with Crippen molar-refractivity contribution in [1.82, 2.24) is 10.3 Å². The fraction of sp³-hybridized carbons (Fsp3) is 0.500. The van der Waals surface area contributed by atoms with Crippen LogP contribution in [0.2, 0.25) is 5.15 Å². The maximum absolute atomic E-state index is 11.9. The predicted molar refractivity (Wildman–Crippen MR) is 71.5 cm³/mol. The van der Waals surface area contributed by atoms with Crippen LogP contribution in [0, 0.1) is 5.41 Å². The molecule has 0 unspecified atom stereocenters. The van der Waals surface area contributed by atoms with Gasteiger partial charge in [-0.05, 0) is 17.9 Å². The van der Waals surface area contributed by atoms with Crippen LogP contribution in [0.1, 0.15) is 30.6 Å². The Hall–Kier alpha value is -1.33. The number of pyridine rings is 1. The number of anilines is 1. The first kappa shape index (κ1) is 14.7. The summed E-state index contributed by atoms with van der Waals surface area (Å²) < 4.78 is 0. The Morgan fingerprint density at radius 3 is 2.89 bits per heavy atom. The van der Waals surface area contributed by atoms with E-state index in [0.717, 1.165) is 0 Å². The molecule has 0 radical (unpaired) electrons. The molecule has 1 aromatic rings. The molecule has 0 aliphatic carbocycles. The largest absolute Gasteiger partial charge is 0.397 e. The second-order valence-corrected chi connectivity index (χ2v) is 5.29. The average molecular weight is 272 g/mol. The molecular weight excluding hydrogens is 254 g/mol. The molecule has 6 heteroatoms. The number of nitrogens with one attached hydrogen (secondary N) is 1. The minimum atomic E-state index is -0.314. The van der Waals surface area contributed by atoms with Crippen LogP contribution in [-0.2, 0) is 0 Å². The number of carbonyl (C=O) groups is 1. The van der Waals surface area contributed by atoms with E-state index < -0.39 is 0 Å². The summed E-state index contributed by atoms with van der Waals surface area (Å²) in [5.74, 6) is -0.314. The lowest BCUT2D eigenvalue weighted by atomic mass is 9.90. The van der Waals surface area contributed by atoms with Crippen LogP contribution in [-0.4, -0.2) is 29.1 Å². The Labute approximate surface area is 111 Å². The second kappa shape index (κ2) is 6.02. The van der Waals surface area contributed by atoms with Crippen LogP contribution in [0.3, 0.4) is 0 Å². The highest BCUT2D eigenvalue weighted by Crippen LogP contribution is 2.19. The van der Waals surface area contributed by atoms with Crippen molar-refractivity contribution in [3.8, 4) is 0 Å². The zero-order chi connectivity index (χ0) is 13.8. The molecule has 0 aliphatic heterocycles. The molecule has 0 atom stereocenters. The van der Waals surface area contributed by atoms with Crippen molar-refractivity contribution in [3.63, 3.8) is 0 Å². The number of amides is 1. The number of rotatable bonds is 5. The molecule has 1 heterocycles. The van der Waals surface area contributed by atoms with E-state index in [2.05, 4.69) is 10.3 Å². The monoisotopic (exact) mass is 271 g/mol. The second-order valence-electron chi connectivity index (χ2n) is 4.93. The Bertz CT molecular complexity index is 435. The van der Waals surface area contributed by atoms with Gasteiger partial charge in [-0.1, -0.05) is 25.4 Å². The molecule has 1 aromatic heterocycles. The molecule has 1 amide bonds. The zero-order valence-electron chi connectivity index (χ0n) is 10.5. The smallest absolute Gasteiger partial charge is 0.254 e. The van der Waals surface area contributed by atoms with E-state index in [0.29, 0.717) is 18.7 Å². The Kier molecular flexibility index (Phi) is 4.93. The summed E-state index contributed by atoms with van der Waals surface area (Å²) in [7, 11) is 0. The fourth-order valence-corrected chi connectivity index (χ4v) is 1.62. The van der Waals surface area contributed by atoms with Gasteiger partial charge in [0.15, 0.2) is 0 Å². The summed E-state index contributed by atoms with van der Waals surface area (Å²) in [6.07, 6.45) is 2.00. The molecule has 0 fully saturated rings. The van der Waals surface area contributed by atoms with Crippen LogP contribution < -0.4 is 11.1 Å². The van der Waals surface area contributed by atoms with Gasteiger partial charge in [0.25, 0.3) is 5.91 Å². The van der Waals surface area contributed by atoms with Gasteiger partial charge in [-0.3, -0.25) is 4.79 Å². The summed E-state index contributed by atoms with van der Waals surface area (Å²) in [5.41, 5.74) is 6.03. The van der Waals surface area contributed by atoms with Crippen molar-refractivity contribution < 1.29 is 9.90 Å². The van der Waals surface area contributed by atoms with Gasteiger partial charge in [0, 0.05) is 13.2 Å². The number of nitrogen functional groups attached to an aromatic ring is 1. The lowest BCUT2D eigenvalue weighted by Gasteiger charge is -2.23. The van der Waals surface area contributed by atoms with Crippen molar-refractivity contribution >= 4 is 23.2 Å². The summed E-state index contributed by atoms with van der Waals surface area (Å²) in [6, 6.07) is 1.49. The van der Waals surface area contributed by atoms with Crippen molar-refractivity contribution in [2.75, 3.05) is 18.9 Å². The van der Waals surface area contributed by atoms with Crippen LogP contribution in [0.5, 0.6) is 0 Å². The summed E-state index contributed by atoms with van der Waals surface area (Å²) in [5, 5.41) is 11.8. The van der Waals surface area contributed by atoms with Gasteiger partial charge in [0.05, 0.1) is 17.4 Å². The van der Waals surface area contributed by atoms with E-state index in [9.17, 15) is 4.79 Å². The number of aromatic nitrogens is 1. The van der Waals surface area contributed by atoms with Gasteiger partial charge < -0.3 is 16.2 Å². The Balaban J connectivity index is 2.69.